The molecule has 0 amide bonds. The summed E-state index contributed by atoms with van der Waals surface area (Å²) in [6, 6.07) is 7.50. The summed E-state index contributed by atoms with van der Waals surface area (Å²) < 4.78 is 0. The third-order valence-electron chi connectivity index (χ3n) is 2.83. The zero-order valence-corrected chi connectivity index (χ0v) is 10.2. The molecule has 0 saturated carbocycles. The van der Waals surface area contributed by atoms with Crippen LogP contribution < -0.4 is 0 Å². The lowest BCUT2D eigenvalue weighted by atomic mass is 9.81. The smallest absolute Gasteiger partial charge is 0.169 e. The van der Waals surface area contributed by atoms with E-state index in [1.807, 2.05) is 45.0 Å². The van der Waals surface area contributed by atoms with Crippen molar-refractivity contribution in [2.75, 3.05) is 0 Å². The normalized spacial score (nSPS) is 11.1. The van der Waals surface area contributed by atoms with Gasteiger partial charge in [-0.25, -0.2) is 0 Å². The van der Waals surface area contributed by atoms with Crippen molar-refractivity contribution in [3.05, 3.63) is 35.4 Å². The molecule has 0 heterocycles. The number of hydrogen-bond donors (Lipinski definition) is 0. The van der Waals surface area contributed by atoms with Crippen LogP contribution in [0.15, 0.2) is 24.3 Å². The van der Waals surface area contributed by atoms with Crippen LogP contribution in [-0.4, -0.2) is 11.2 Å². The van der Waals surface area contributed by atoms with Gasteiger partial charge in [0, 0.05) is 16.3 Å². The summed E-state index contributed by atoms with van der Waals surface area (Å²) in [5, 5.41) is 1.57. The summed E-state index contributed by atoms with van der Waals surface area (Å²) in [5.74, 6) is 0.168. The van der Waals surface area contributed by atoms with Gasteiger partial charge in [0.15, 0.2) is 5.78 Å². The van der Waals surface area contributed by atoms with Gasteiger partial charge in [0.2, 0.25) is 0 Å². The van der Waals surface area contributed by atoms with Gasteiger partial charge in [-0.05, 0) is 12.0 Å². The average molecular weight is 220 g/mol. The fourth-order valence-corrected chi connectivity index (χ4v) is 1.54. The Morgan fingerprint density at radius 1 is 1.40 bits per heavy atom. The van der Waals surface area contributed by atoms with E-state index in [1.165, 1.54) is 0 Å². The monoisotopic (exact) mass is 220 g/mol. The molecule has 1 aromatic carbocycles. The number of rotatable bonds is 4. The second-order valence-electron chi connectivity index (χ2n) is 4.27. The lowest BCUT2D eigenvalue weighted by molar-refractivity contribution is 0.0833. The number of hydrogen-bond acceptors (Lipinski definition) is 2. The maximum absolute atomic E-state index is 12.2. The van der Waals surface area contributed by atoms with Gasteiger partial charge in [0.1, 0.15) is 0 Å². The van der Waals surface area contributed by atoms with Gasteiger partial charge in [-0.1, -0.05) is 57.3 Å². The van der Waals surface area contributed by atoms with Gasteiger partial charge < -0.3 is 0 Å². The highest BCUT2D eigenvalue weighted by molar-refractivity contribution is 7.79. The molecule has 0 unspecified atom stereocenters. The number of thiocarbonyl (C=S) groups is 1. The molecule has 1 nitrogen and oxygen atoms in total. The molecule has 80 valence electrons. The number of carbonyl (C=O) groups excluding carboxylic acids is 1. The first-order chi connectivity index (χ1) is 7.03. The maximum atomic E-state index is 12.2. The molecule has 0 aliphatic heterocycles. The van der Waals surface area contributed by atoms with E-state index in [0.29, 0.717) is 0 Å². The summed E-state index contributed by atoms with van der Waals surface area (Å²) in [4.78, 5) is 12.2. The molecular weight excluding hydrogens is 204 g/mol. The summed E-state index contributed by atoms with van der Waals surface area (Å²) >= 11 is 4.91. The minimum atomic E-state index is -0.311. The molecule has 0 aliphatic rings. The third-order valence-corrected chi connectivity index (χ3v) is 3.08. The molecule has 2 heteroatoms. The van der Waals surface area contributed by atoms with E-state index < -0.39 is 0 Å². The summed E-state index contributed by atoms with van der Waals surface area (Å²) in [6.07, 6.45) is 0.831. The standard InChI is InChI=1S/C13H16OS/c1-4-13(2,3)12(14)11-8-6-5-7-10(11)9-15/h5-9H,4H2,1-3H3. The van der Waals surface area contributed by atoms with Crippen molar-refractivity contribution in [2.45, 2.75) is 27.2 Å². The number of ketones is 1. The first-order valence-electron chi connectivity index (χ1n) is 5.12. The number of carbonyl (C=O) groups is 1. The second-order valence-corrected chi connectivity index (χ2v) is 4.51. The number of benzene rings is 1. The molecule has 0 aliphatic carbocycles. The fraction of sp³-hybridized carbons (Fsp3) is 0.385. The van der Waals surface area contributed by atoms with E-state index in [4.69, 9.17) is 12.2 Å². The zero-order valence-electron chi connectivity index (χ0n) is 9.41. The fourth-order valence-electron chi connectivity index (χ4n) is 1.33. The minimum Gasteiger partial charge on any atom is -0.294 e. The van der Waals surface area contributed by atoms with Crippen molar-refractivity contribution >= 4 is 23.4 Å². The third kappa shape index (κ3) is 2.51. The van der Waals surface area contributed by atoms with Crippen LogP contribution in [0.3, 0.4) is 0 Å². The van der Waals surface area contributed by atoms with E-state index >= 15 is 0 Å². The Morgan fingerprint density at radius 2 is 2.00 bits per heavy atom. The van der Waals surface area contributed by atoms with Gasteiger partial charge in [-0.15, -0.1) is 0 Å². The van der Waals surface area contributed by atoms with Crippen LogP contribution in [0.25, 0.3) is 0 Å². The van der Waals surface area contributed by atoms with Crippen LogP contribution in [0.2, 0.25) is 0 Å². The van der Waals surface area contributed by atoms with E-state index in [2.05, 4.69) is 0 Å². The van der Waals surface area contributed by atoms with Crippen LogP contribution in [0.4, 0.5) is 0 Å². The highest BCUT2D eigenvalue weighted by Gasteiger charge is 2.27. The Bertz CT molecular complexity index is 380. The molecule has 0 saturated heterocycles. The molecule has 0 aromatic heterocycles. The predicted molar refractivity (Wildman–Crippen MR) is 67.6 cm³/mol. The molecular formula is C13H16OS. The quantitative estimate of drug-likeness (QED) is 0.569. The molecule has 0 radical (unpaired) electrons. The molecule has 0 N–H and O–H groups in total. The molecule has 0 spiro atoms. The van der Waals surface area contributed by atoms with Crippen molar-refractivity contribution in [1.82, 2.24) is 0 Å². The Kier molecular flexibility index (Phi) is 3.75. The van der Waals surface area contributed by atoms with Crippen molar-refractivity contribution in [2.24, 2.45) is 5.41 Å². The van der Waals surface area contributed by atoms with Gasteiger partial charge in [0.05, 0.1) is 0 Å². The van der Waals surface area contributed by atoms with E-state index in [9.17, 15) is 4.79 Å². The first kappa shape index (κ1) is 12.1. The Hall–Kier alpha value is -1.02. The lowest BCUT2D eigenvalue weighted by Gasteiger charge is -2.21. The minimum absolute atomic E-state index is 0.168. The zero-order chi connectivity index (χ0) is 11.5. The van der Waals surface area contributed by atoms with Gasteiger partial charge >= 0.3 is 0 Å². The van der Waals surface area contributed by atoms with E-state index in [-0.39, 0.29) is 11.2 Å². The highest BCUT2D eigenvalue weighted by Crippen LogP contribution is 2.26. The highest BCUT2D eigenvalue weighted by atomic mass is 32.1. The Labute approximate surface area is 96.5 Å². The van der Waals surface area contributed by atoms with Crippen LogP contribution >= 0.6 is 12.2 Å². The van der Waals surface area contributed by atoms with Crippen molar-refractivity contribution in [3.8, 4) is 0 Å². The second kappa shape index (κ2) is 4.67. The SMILES string of the molecule is CCC(C)(C)C(=O)c1ccccc1C=S. The van der Waals surface area contributed by atoms with E-state index in [0.717, 1.165) is 17.5 Å². The predicted octanol–water partition coefficient (Wildman–Crippen LogP) is 3.65. The Balaban J connectivity index is 3.17. The molecule has 0 fully saturated rings. The lowest BCUT2D eigenvalue weighted by Crippen LogP contribution is -2.24. The van der Waals surface area contributed by atoms with Crippen LogP contribution in [0.1, 0.15) is 43.1 Å². The molecule has 0 bridgehead atoms. The summed E-state index contributed by atoms with van der Waals surface area (Å²) in [6.45, 7) is 5.96. The molecule has 1 rings (SSSR count). The first-order valence-corrected chi connectivity index (χ1v) is 5.59. The maximum Gasteiger partial charge on any atom is 0.169 e. The van der Waals surface area contributed by atoms with Gasteiger partial charge in [-0.2, -0.15) is 0 Å². The Morgan fingerprint density at radius 3 is 2.53 bits per heavy atom. The molecule has 15 heavy (non-hydrogen) atoms. The van der Waals surface area contributed by atoms with Crippen molar-refractivity contribution in [1.29, 1.82) is 0 Å². The van der Waals surface area contributed by atoms with Crippen LogP contribution in [-0.2, 0) is 0 Å². The largest absolute Gasteiger partial charge is 0.294 e. The number of Topliss-reactive ketones (excluding diaryl/α,β-unsaturated/α-hetero) is 1. The molecule has 0 atom stereocenters. The average Bonchev–Trinajstić information content (AvgIpc) is 2.28. The van der Waals surface area contributed by atoms with Gasteiger partial charge in [0.25, 0.3) is 0 Å². The molecule has 1 aromatic rings. The van der Waals surface area contributed by atoms with Crippen LogP contribution in [0.5, 0.6) is 0 Å². The van der Waals surface area contributed by atoms with E-state index in [1.54, 1.807) is 5.37 Å². The summed E-state index contributed by atoms with van der Waals surface area (Å²) in [7, 11) is 0. The topological polar surface area (TPSA) is 17.1 Å². The van der Waals surface area contributed by atoms with Crippen molar-refractivity contribution in [3.63, 3.8) is 0 Å². The summed E-state index contributed by atoms with van der Waals surface area (Å²) in [5.41, 5.74) is 1.27. The van der Waals surface area contributed by atoms with Crippen LogP contribution in [0, 0.1) is 5.41 Å². The van der Waals surface area contributed by atoms with Crippen molar-refractivity contribution < 1.29 is 4.79 Å². The van der Waals surface area contributed by atoms with Gasteiger partial charge in [-0.3, -0.25) is 4.79 Å².